The molecule has 1 heterocycles. The molecular formula is C29H47NO6. The van der Waals surface area contributed by atoms with Crippen LogP contribution in [0.5, 0.6) is 0 Å². The van der Waals surface area contributed by atoms with Gasteiger partial charge in [-0.3, -0.25) is 4.79 Å². The first kappa shape index (κ1) is 26.4. The molecule has 0 spiro atoms. The molecule has 4 saturated carbocycles. The minimum absolute atomic E-state index is 0.0585. The molecule has 5 fully saturated rings. The molecule has 5 rings (SSSR count). The molecule has 4 N–H and O–H groups in total. The van der Waals surface area contributed by atoms with E-state index in [0.29, 0.717) is 38.1 Å². The maximum Gasteiger partial charge on any atom is 0.326 e. The molecule has 1 aliphatic heterocycles. The number of carbonyl (C=O) groups excluding carboxylic acids is 1. The molecule has 7 nitrogen and oxygen atoms in total. The number of amides is 1. The zero-order valence-electron chi connectivity index (χ0n) is 22.3. The van der Waals surface area contributed by atoms with Crippen molar-refractivity contribution in [2.45, 2.75) is 116 Å². The van der Waals surface area contributed by atoms with Gasteiger partial charge in [-0.1, -0.05) is 20.8 Å². The summed E-state index contributed by atoms with van der Waals surface area (Å²) < 4.78 is 0. The van der Waals surface area contributed by atoms with Gasteiger partial charge in [0, 0.05) is 13.0 Å². The predicted octanol–water partition coefficient (Wildman–Crippen LogP) is 3.44. The van der Waals surface area contributed by atoms with Gasteiger partial charge in [0.2, 0.25) is 5.91 Å². The van der Waals surface area contributed by atoms with Crippen molar-refractivity contribution >= 4 is 11.9 Å². The minimum atomic E-state index is -0.908. The van der Waals surface area contributed by atoms with Gasteiger partial charge in [0.05, 0.1) is 18.3 Å². The van der Waals surface area contributed by atoms with Crippen molar-refractivity contribution in [2.24, 2.45) is 46.3 Å². The Labute approximate surface area is 215 Å². The van der Waals surface area contributed by atoms with Crippen molar-refractivity contribution in [2.75, 3.05) is 6.54 Å². The summed E-state index contributed by atoms with van der Waals surface area (Å²) in [5.74, 6) is 0.618. The summed E-state index contributed by atoms with van der Waals surface area (Å²) >= 11 is 0. The van der Waals surface area contributed by atoms with Crippen molar-refractivity contribution in [3.05, 3.63) is 0 Å². The van der Waals surface area contributed by atoms with Crippen LogP contribution in [0, 0.1) is 46.3 Å². The van der Waals surface area contributed by atoms with Crippen LogP contribution in [0.3, 0.4) is 0 Å². The first-order valence-electron chi connectivity index (χ1n) is 14.5. The fourth-order valence-corrected chi connectivity index (χ4v) is 10.1. The van der Waals surface area contributed by atoms with E-state index in [1.54, 1.807) is 4.90 Å². The van der Waals surface area contributed by atoms with E-state index in [-0.39, 0.29) is 58.5 Å². The Bertz CT molecular complexity index is 865. The van der Waals surface area contributed by atoms with E-state index >= 15 is 0 Å². The van der Waals surface area contributed by atoms with Crippen LogP contribution in [-0.4, -0.2) is 68.1 Å². The minimum Gasteiger partial charge on any atom is -0.480 e. The summed E-state index contributed by atoms with van der Waals surface area (Å²) in [5, 5.41) is 42.9. The highest BCUT2D eigenvalue weighted by atomic mass is 16.4. The Hall–Kier alpha value is -1.18. The van der Waals surface area contributed by atoms with E-state index in [2.05, 4.69) is 20.8 Å². The molecular weight excluding hydrogens is 458 g/mol. The number of hydrogen-bond acceptors (Lipinski definition) is 5. The maximum absolute atomic E-state index is 12.9. The van der Waals surface area contributed by atoms with Crippen LogP contribution in [0.25, 0.3) is 0 Å². The van der Waals surface area contributed by atoms with E-state index < -0.39 is 18.1 Å². The highest BCUT2D eigenvalue weighted by molar-refractivity contribution is 5.84. The zero-order chi connectivity index (χ0) is 26.0. The lowest BCUT2D eigenvalue weighted by molar-refractivity contribution is -0.207. The molecule has 0 aromatic heterocycles. The van der Waals surface area contributed by atoms with Gasteiger partial charge in [-0.05, 0) is 111 Å². The number of carbonyl (C=O) groups is 2. The molecule has 1 amide bonds. The van der Waals surface area contributed by atoms with Gasteiger partial charge in [-0.2, -0.15) is 0 Å². The average Bonchev–Trinajstić information content (AvgIpc) is 3.45. The molecule has 1 saturated heterocycles. The van der Waals surface area contributed by atoms with Crippen molar-refractivity contribution in [1.29, 1.82) is 0 Å². The molecule has 7 heteroatoms. The number of hydrogen-bond donors (Lipinski definition) is 4. The van der Waals surface area contributed by atoms with Gasteiger partial charge < -0.3 is 25.3 Å². The van der Waals surface area contributed by atoms with Crippen molar-refractivity contribution < 1.29 is 30.0 Å². The largest absolute Gasteiger partial charge is 0.480 e. The maximum atomic E-state index is 12.9. The van der Waals surface area contributed by atoms with Crippen LogP contribution < -0.4 is 0 Å². The number of fused-ring (bicyclic) bond motifs is 5. The highest BCUT2D eigenvalue weighted by Gasteiger charge is 2.65. The first-order chi connectivity index (χ1) is 17.0. The lowest BCUT2D eigenvalue weighted by atomic mass is 9.43. The molecule has 12 atom stereocenters. The summed E-state index contributed by atoms with van der Waals surface area (Å²) in [4.78, 5) is 26.0. The number of rotatable bonds is 5. The zero-order valence-corrected chi connectivity index (χ0v) is 22.3. The number of aliphatic carboxylic acids is 1. The Morgan fingerprint density at radius 1 is 1.00 bits per heavy atom. The molecule has 0 bridgehead atoms. The van der Waals surface area contributed by atoms with Crippen LogP contribution in [0.1, 0.15) is 91.4 Å². The Kier molecular flexibility index (Phi) is 7.00. The fourth-order valence-electron chi connectivity index (χ4n) is 10.1. The predicted molar refractivity (Wildman–Crippen MR) is 135 cm³/mol. The van der Waals surface area contributed by atoms with E-state index in [9.17, 15) is 30.0 Å². The SMILES string of the molecule is C[C@H](CCC(=O)N1CCC[C@H]1C(=O)O)[C@H]1CC[C@H]2[C@@H]3[C@H](O)C[C@@H]4C[C@H](O)CC[C@]4(C)[C@H]3C[C@H](O)[C@]12C. The monoisotopic (exact) mass is 505 g/mol. The van der Waals surface area contributed by atoms with Gasteiger partial charge >= 0.3 is 5.97 Å². The molecule has 0 aromatic rings. The lowest BCUT2D eigenvalue weighted by Gasteiger charge is -2.63. The van der Waals surface area contributed by atoms with E-state index in [1.807, 2.05) is 0 Å². The first-order valence-corrected chi connectivity index (χ1v) is 14.5. The van der Waals surface area contributed by atoms with Crippen molar-refractivity contribution in [1.82, 2.24) is 4.90 Å². The van der Waals surface area contributed by atoms with Crippen LogP contribution >= 0.6 is 0 Å². The second-order valence-electron chi connectivity index (χ2n) is 13.6. The number of aliphatic hydroxyl groups is 3. The third-order valence-electron chi connectivity index (χ3n) is 12.2. The smallest absolute Gasteiger partial charge is 0.326 e. The number of likely N-dealkylation sites (tertiary alicyclic amines) is 1. The second kappa shape index (κ2) is 9.53. The molecule has 0 unspecified atom stereocenters. The summed E-state index contributed by atoms with van der Waals surface area (Å²) in [6.45, 7) is 7.32. The van der Waals surface area contributed by atoms with Crippen LogP contribution in [-0.2, 0) is 9.59 Å². The van der Waals surface area contributed by atoms with Gasteiger partial charge in [0.25, 0.3) is 0 Å². The molecule has 204 valence electrons. The number of carboxylic acid groups (broad SMARTS) is 1. The molecule has 0 aromatic carbocycles. The number of aliphatic hydroxyl groups excluding tert-OH is 3. The lowest BCUT2D eigenvalue weighted by Crippen LogP contribution is -2.62. The summed E-state index contributed by atoms with van der Waals surface area (Å²) in [5.41, 5.74) is -0.211. The van der Waals surface area contributed by atoms with E-state index in [4.69, 9.17) is 0 Å². The molecule has 4 aliphatic carbocycles. The van der Waals surface area contributed by atoms with Gasteiger partial charge in [0.15, 0.2) is 0 Å². The Balaban J connectivity index is 1.29. The third kappa shape index (κ3) is 4.03. The second-order valence-corrected chi connectivity index (χ2v) is 13.6. The Morgan fingerprint density at radius 3 is 2.47 bits per heavy atom. The average molecular weight is 506 g/mol. The van der Waals surface area contributed by atoms with Gasteiger partial charge in [-0.15, -0.1) is 0 Å². The summed E-state index contributed by atoms with van der Waals surface area (Å²) in [6.07, 6.45) is 7.30. The van der Waals surface area contributed by atoms with Crippen molar-refractivity contribution in [3.63, 3.8) is 0 Å². The van der Waals surface area contributed by atoms with Crippen molar-refractivity contribution in [3.8, 4) is 0 Å². The normalized spacial score (nSPS) is 49.2. The standard InChI is InChI=1S/C29H47NO6/c1-16(6-9-25(34)30-12-4-5-22(30)27(35)36)19-7-8-20-26-21(15-24(33)29(19,20)3)28(2)11-10-18(31)13-17(28)14-23(26)32/h16-24,26,31-33H,4-15H2,1-3H3,(H,35,36)/t16-,17+,18-,19-,20+,21+,22+,23-,24+,26+,28+,29-/m1/s1. The molecule has 0 radical (unpaired) electrons. The van der Waals surface area contributed by atoms with Crippen LogP contribution in [0.15, 0.2) is 0 Å². The van der Waals surface area contributed by atoms with Gasteiger partial charge in [0.1, 0.15) is 6.04 Å². The number of carboxylic acids is 1. The summed E-state index contributed by atoms with van der Waals surface area (Å²) in [7, 11) is 0. The highest BCUT2D eigenvalue weighted by Crippen LogP contribution is 2.68. The van der Waals surface area contributed by atoms with Crippen LogP contribution in [0.4, 0.5) is 0 Å². The van der Waals surface area contributed by atoms with E-state index in [1.165, 1.54) is 0 Å². The molecule has 36 heavy (non-hydrogen) atoms. The fraction of sp³-hybridized carbons (Fsp3) is 0.931. The third-order valence-corrected chi connectivity index (χ3v) is 12.2. The van der Waals surface area contributed by atoms with Gasteiger partial charge in [-0.25, -0.2) is 4.79 Å². The molecule has 5 aliphatic rings. The Morgan fingerprint density at radius 2 is 1.75 bits per heavy atom. The number of nitrogens with zero attached hydrogens (tertiary/aromatic N) is 1. The van der Waals surface area contributed by atoms with Crippen LogP contribution in [0.2, 0.25) is 0 Å². The quantitative estimate of drug-likeness (QED) is 0.455. The summed E-state index contributed by atoms with van der Waals surface area (Å²) in [6, 6.07) is -0.683. The topological polar surface area (TPSA) is 118 Å². The van der Waals surface area contributed by atoms with E-state index in [0.717, 1.165) is 44.9 Å².